The number of aliphatic hydroxyl groups excluding tert-OH is 26. The third-order valence-electron chi connectivity index (χ3n) is 14.7. The lowest BCUT2D eigenvalue weighted by molar-refractivity contribution is -0.181. The van der Waals surface area contributed by atoms with Gasteiger partial charge in [-0.25, -0.2) is 4.79 Å². The molecule has 0 aliphatic carbocycles. The van der Waals surface area contributed by atoms with Gasteiger partial charge in [0.15, 0.2) is 6.10 Å². The second kappa shape index (κ2) is 40.6. The van der Waals surface area contributed by atoms with Crippen LogP contribution in [-0.2, 0) is 9.53 Å². The van der Waals surface area contributed by atoms with Crippen LogP contribution in [0.3, 0.4) is 0 Å². The van der Waals surface area contributed by atoms with Crippen LogP contribution in [0.25, 0.3) is 0 Å². The average molecular weight is 1120 g/mol. The SMILES string of the molecule is O=C(OCC(O)CO)C(O)C(O)C(O)C(O)C(O)C(CC(O)CO)C(CC(O)CO)C(CC(O)CO)C(CC(O)CO)C(CC(O)CO)C(CC(O)CO)C(CC(O)CO)C(CC(O)CO)C(CCCO)CC(O)CO. The van der Waals surface area contributed by atoms with Crippen molar-refractivity contribution in [2.45, 2.75) is 162 Å². The van der Waals surface area contributed by atoms with Crippen LogP contribution in [0.2, 0.25) is 0 Å². The Morgan fingerprint density at radius 1 is 0.289 bits per heavy atom. The summed E-state index contributed by atoms with van der Waals surface area (Å²) in [5.74, 6) is -14.5. The summed E-state index contributed by atoms with van der Waals surface area (Å²) in [6.07, 6.45) is -36.2. The van der Waals surface area contributed by atoms with Crippen LogP contribution in [0.5, 0.6) is 0 Å². The van der Waals surface area contributed by atoms with Gasteiger partial charge in [0.05, 0.1) is 127 Å². The van der Waals surface area contributed by atoms with Crippen molar-refractivity contribution in [1.82, 2.24) is 0 Å². The minimum absolute atomic E-state index is 0.0150. The molecule has 24 unspecified atom stereocenters. The molecule has 456 valence electrons. The number of hydrogen-bond acceptors (Lipinski definition) is 28. The summed E-state index contributed by atoms with van der Waals surface area (Å²) in [4.78, 5) is 12.6. The zero-order valence-electron chi connectivity index (χ0n) is 43.1. The van der Waals surface area contributed by atoms with Gasteiger partial charge in [0.1, 0.15) is 31.0 Å². The van der Waals surface area contributed by atoms with Crippen LogP contribution in [0.4, 0.5) is 0 Å². The summed E-state index contributed by atoms with van der Waals surface area (Å²) in [6.45, 7) is -11.1. The van der Waals surface area contributed by atoms with E-state index < -0.39 is 281 Å². The molecule has 0 aliphatic heterocycles. The first-order valence-electron chi connectivity index (χ1n) is 25.9. The summed E-state index contributed by atoms with van der Waals surface area (Å²) in [5, 5.41) is 279. The molecule has 24 atom stereocenters. The topological polar surface area (TPSA) is 552 Å². The maximum absolute atomic E-state index is 12.6. The highest BCUT2D eigenvalue weighted by Crippen LogP contribution is 2.52. The Hall–Kier alpha value is -1.57. The normalized spacial score (nSPS) is 22.1. The van der Waals surface area contributed by atoms with Gasteiger partial charge in [-0.3, -0.25) is 0 Å². The van der Waals surface area contributed by atoms with Gasteiger partial charge in [-0.2, -0.15) is 0 Å². The summed E-state index contributed by atoms with van der Waals surface area (Å²) >= 11 is 0. The largest absolute Gasteiger partial charge is 0.461 e. The maximum atomic E-state index is 12.6. The molecule has 0 saturated heterocycles. The van der Waals surface area contributed by atoms with Crippen molar-refractivity contribution in [2.75, 3.05) is 79.3 Å². The van der Waals surface area contributed by atoms with Crippen molar-refractivity contribution in [3.8, 4) is 0 Å². The van der Waals surface area contributed by atoms with Crippen molar-refractivity contribution in [1.29, 1.82) is 0 Å². The highest BCUT2D eigenvalue weighted by atomic mass is 16.6. The molecular formula is C48H96O28. The smallest absolute Gasteiger partial charge is 0.337 e. The van der Waals surface area contributed by atoms with Crippen molar-refractivity contribution in [2.24, 2.45) is 53.3 Å². The number of esters is 1. The molecule has 76 heavy (non-hydrogen) atoms. The van der Waals surface area contributed by atoms with Gasteiger partial charge < -0.3 is 138 Å². The van der Waals surface area contributed by atoms with Crippen molar-refractivity contribution in [3.05, 3.63) is 0 Å². The van der Waals surface area contributed by atoms with E-state index in [0.717, 1.165) is 0 Å². The zero-order chi connectivity index (χ0) is 58.4. The molecule has 0 rings (SSSR count). The Bertz CT molecular complexity index is 1430. The third kappa shape index (κ3) is 25.9. The van der Waals surface area contributed by atoms with Gasteiger partial charge in [-0.1, -0.05) is 0 Å². The molecule has 0 amide bonds. The molecule has 26 N–H and O–H groups in total. The Kier molecular flexibility index (Phi) is 39.7. The average Bonchev–Trinajstić information content (AvgIpc) is 3.42. The minimum Gasteiger partial charge on any atom is -0.461 e. The standard InChI is InChI=1S/C48H96O28/c49-3-1-2-24(4-25(60)13-50)35(5-26(61)14-51)36(6-27(62)15-52)37(7-28(63)16-53)38(8-29(64)17-54)39(9-30(65)18-55)40(10-31(66)19-56)41(11-32(67)20-57)42(12-33(68)21-58)43(70)44(71)45(72)46(73)47(74)48(75)76-23-34(69)22-59/h24-47,49-74H,1-23H2. The predicted octanol–water partition coefficient (Wildman–Crippen LogP) is -10.3. The molecule has 28 heteroatoms. The fourth-order valence-electron chi connectivity index (χ4n) is 11.0. The maximum Gasteiger partial charge on any atom is 0.337 e. The first kappa shape index (κ1) is 74.4. The summed E-state index contributed by atoms with van der Waals surface area (Å²) in [6, 6.07) is 0. The van der Waals surface area contributed by atoms with Gasteiger partial charge in [0.25, 0.3) is 0 Å². The Morgan fingerprint density at radius 3 is 0.842 bits per heavy atom. The lowest BCUT2D eigenvalue weighted by Crippen LogP contribution is -2.55. The van der Waals surface area contributed by atoms with E-state index >= 15 is 0 Å². The quantitative estimate of drug-likeness (QED) is 0.0252. The summed E-state index contributed by atoms with van der Waals surface area (Å²) in [5.41, 5.74) is 0. The monoisotopic (exact) mass is 1120 g/mol. The molecular weight excluding hydrogens is 1020 g/mol. The summed E-state index contributed by atoms with van der Waals surface area (Å²) in [7, 11) is 0. The number of ether oxygens (including phenoxy) is 1. The van der Waals surface area contributed by atoms with Crippen molar-refractivity contribution in [3.63, 3.8) is 0 Å². The van der Waals surface area contributed by atoms with E-state index in [1.54, 1.807) is 0 Å². The molecule has 0 aromatic rings. The molecule has 0 saturated carbocycles. The van der Waals surface area contributed by atoms with E-state index in [1.165, 1.54) is 0 Å². The first-order valence-corrected chi connectivity index (χ1v) is 25.9. The fraction of sp³-hybridized carbons (Fsp3) is 0.979. The fourth-order valence-corrected chi connectivity index (χ4v) is 11.0. The van der Waals surface area contributed by atoms with Gasteiger partial charge in [-0.05, 0) is 124 Å². The van der Waals surface area contributed by atoms with Crippen LogP contribution in [0.15, 0.2) is 0 Å². The van der Waals surface area contributed by atoms with Gasteiger partial charge in [-0.15, -0.1) is 0 Å². The number of hydrogen-bond donors (Lipinski definition) is 26. The lowest BCUT2D eigenvalue weighted by Gasteiger charge is -2.50. The van der Waals surface area contributed by atoms with Crippen LogP contribution in [-0.4, -0.2) is 310 Å². The second-order valence-electron chi connectivity index (χ2n) is 20.5. The molecule has 0 aromatic heterocycles. The van der Waals surface area contributed by atoms with Gasteiger partial charge in [0, 0.05) is 6.61 Å². The van der Waals surface area contributed by atoms with Crippen molar-refractivity contribution >= 4 is 5.97 Å². The molecule has 0 heterocycles. The van der Waals surface area contributed by atoms with E-state index in [4.69, 9.17) is 5.11 Å². The zero-order valence-corrected chi connectivity index (χ0v) is 43.1. The summed E-state index contributed by atoms with van der Waals surface area (Å²) < 4.78 is 4.61. The van der Waals surface area contributed by atoms with Crippen LogP contribution in [0.1, 0.15) is 70.6 Å². The molecule has 0 aliphatic rings. The van der Waals surface area contributed by atoms with E-state index in [-0.39, 0.29) is 19.3 Å². The van der Waals surface area contributed by atoms with E-state index in [0.29, 0.717) is 0 Å². The predicted molar refractivity (Wildman–Crippen MR) is 261 cm³/mol. The molecule has 0 fully saturated rings. The highest BCUT2D eigenvalue weighted by molar-refractivity contribution is 5.75. The Morgan fingerprint density at radius 2 is 0.539 bits per heavy atom. The van der Waals surface area contributed by atoms with Crippen LogP contribution in [0, 0.1) is 53.3 Å². The Labute approximate surface area is 442 Å². The Balaban J connectivity index is 9.16. The molecule has 0 aromatic carbocycles. The van der Waals surface area contributed by atoms with Crippen LogP contribution >= 0.6 is 0 Å². The first-order chi connectivity index (χ1) is 35.8. The molecule has 0 bridgehead atoms. The third-order valence-corrected chi connectivity index (χ3v) is 14.7. The van der Waals surface area contributed by atoms with Crippen LogP contribution < -0.4 is 0 Å². The molecule has 0 spiro atoms. The van der Waals surface area contributed by atoms with E-state index in [9.17, 15) is 132 Å². The minimum atomic E-state index is -2.74. The van der Waals surface area contributed by atoms with Gasteiger partial charge in [0.2, 0.25) is 0 Å². The number of carbonyl (C=O) groups excluding carboxylic acids is 1. The number of carbonyl (C=O) groups is 1. The molecule has 0 radical (unpaired) electrons. The van der Waals surface area contributed by atoms with E-state index in [1.807, 2.05) is 0 Å². The lowest BCUT2D eigenvalue weighted by atomic mass is 9.56. The van der Waals surface area contributed by atoms with E-state index in [2.05, 4.69) is 4.74 Å². The number of rotatable bonds is 47. The number of aliphatic hydroxyl groups is 26. The highest BCUT2D eigenvalue weighted by Gasteiger charge is 2.51. The van der Waals surface area contributed by atoms with Gasteiger partial charge >= 0.3 is 5.97 Å². The second-order valence-corrected chi connectivity index (χ2v) is 20.5. The molecule has 28 nitrogen and oxygen atoms in total. The van der Waals surface area contributed by atoms with Crippen molar-refractivity contribution < 1.29 is 142 Å².